The molecule has 0 aliphatic heterocycles. The molecule has 0 saturated carbocycles. The van der Waals surface area contributed by atoms with E-state index in [9.17, 15) is 0 Å². The Labute approximate surface area is 132 Å². The molecule has 2 aromatic heterocycles. The van der Waals surface area contributed by atoms with E-state index >= 15 is 0 Å². The van der Waals surface area contributed by atoms with Crippen molar-refractivity contribution >= 4 is 37.7 Å². The second kappa shape index (κ2) is 5.10. The first kappa shape index (κ1) is 13.5. The van der Waals surface area contributed by atoms with Gasteiger partial charge >= 0.3 is 0 Å². The van der Waals surface area contributed by atoms with Crippen LogP contribution in [0.2, 0.25) is 0 Å². The first-order chi connectivity index (χ1) is 9.58. The molecule has 0 fully saturated rings. The average molecular weight is 397 g/mol. The van der Waals surface area contributed by atoms with Crippen molar-refractivity contribution in [3.8, 4) is 22.6 Å². The fourth-order valence-electron chi connectivity index (χ4n) is 2.08. The van der Waals surface area contributed by atoms with Crippen LogP contribution in [0.4, 0.5) is 5.82 Å². The maximum absolute atomic E-state index is 6.17. The number of aromatic nitrogens is 2. The summed E-state index contributed by atoms with van der Waals surface area (Å²) < 4.78 is 8.89. The zero-order valence-electron chi connectivity index (χ0n) is 10.6. The molecule has 6 heteroatoms. The van der Waals surface area contributed by atoms with Gasteiger partial charge in [0.05, 0.1) is 5.56 Å². The standard InChI is InChI=1S/C14H11Br2N3O/c1-19-14(17)12(8-4-2-3-5-9(8)15)13(18-19)10-6-7-11(16)20-10/h2-7H,17H2,1H3. The van der Waals surface area contributed by atoms with E-state index in [4.69, 9.17) is 10.2 Å². The van der Waals surface area contributed by atoms with Crippen LogP contribution in [0.3, 0.4) is 0 Å². The number of aryl methyl sites for hydroxylation is 1. The molecule has 0 aliphatic carbocycles. The summed E-state index contributed by atoms with van der Waals surface area (Å²) in [5, 5.41) is 4.47. The summed E-state index contributed by atoms with van der Waals surface area (Å²) in [5.74, 6) is 1.27. The van der Waals surface area contributed by atoms with Crippen LogP contribution in [-0.4, -0.2) is 9.78 Å². The van der Waals surface area contributed by atoms with Crippen LogP contribution >= 0.6 is 31.9 Å². The van der Waals surface area contributed by atoms with Crippen molar-refractivity contribution in [2.45, 2.75) is 0 Å². The molecule has 0 amide bonds. The molecule has 0 aliphatic rings. The maximum Gasteiger partial charge on any atom is 0.169 e. The van der Waals surface area contributed by atoms with Gasteiger partial charge in [-0.3, -0.25) is 4.68 Å². The third-order valence-corrected chi connectivity index (χ3v) is 4.16. The highest BCUT2D eigenvalue weighted by molar-refractivity contribution is 9.10. The summed E-state index contributed by atoms with van der Waals surface area (Å²) in [7, 11) is 1.82. The van der Waals surface area contributed by atoms with E-state index in [1.54, 1.807) is 4.68 Å². The lowest BCUT2D eigenvalue weighted by Gasteiger charge is -2.05. The first-order valence-corrected chi connectivity index (χ1v) is 7.49. The molecule has 2 N–H and O–H groups in total. The van der Waals surface area contributed by atoms with Crippen molar-refractivity contribution in [2.24, 2.45) is 7.05 Å². The molecule has 0 bridgehead atoms. The van der Waals surface area contributed by atoms with Crippen molar-refractivity contribution in [3.05, 3.63) is 45.5 Å². The van der Waals surface area contributed by atoms with Crippen molar-refractivity contribution in [1.82, 2.24) is 9.78 Å². The summed E-state index contributed by atoms with van der Waals surface area (Å²) in [4.78, 5) is 0. The van der Waals surface area contributed by atoms with Gasteiger partial charge in [0.25, 0.3) is 0 Å². The van der Waals surface area contributed by atoms with E-state index < -0.39 is 0 Å². The van der Waals surface area contributed by atoms with Crippen molar-refractivity contribution < 1.29 is 4.42 Å². The largest absolute Gasteiger partial charge is 0.448 e. The fourth-order valence-corrected chi connectivity index (χ4v) is 2.87. The predicted molar refractivity (Wildman–Crippen MR) is 86.2 cm³/mol. The van der Waals surface area contributed by atoms with Gasteiger partial charge in [0.15, 0.2) is 10.4 Å². The van der Waals surface area contributed by atoms with Crippen molar-refractivity contribution in [3.63, 3.8) is 0 Å². The smallest absolute Gasteiger partial charge is 0.169 e. The van der Waals surface area contributed by atoms with Crippen LogP contribution < -0.4 is 5.73 Å². The zero-order valence-corrected chi connectivity index (χ0v) is 13.8. The molecule has 1 aromatic carbocycles. The minimum Gasteiger partial charge on any atom is -0.448 e. The Morgan fingerprint density at radius 3 is 2.55 bits per heavy atom. The number of nitrogens with zero attached hydrogens (tertiary/aromatic N) is 2. The quantitative estimate of drug-likeness (QED) is 0.695. The Kier molecular flexibility index (Phi) is 3.43. The van der Waals surface area contributed by atoms with Crippen LogP contribution in [0.1, 0.15) is 0 Å². The molecule has 0 saturated heterocycles. The van der Waals surface area contributed by atoms with Gasteiger partial charge < -0.3 is 10.2 Å². The number of hydrogen-bond acceptors (Lipinski definition) is 3. The predicted octanol–water partition coefficient (Wildman–Crippen LogP) is 4.45. The topological polar surface area (TPSA) is 57.0 Å². The van der Waals surface area contributed by atoms with Crippen molar-refractivity contribution in [1.29, 1.82) is 0 Å². The van der Waals surface area contributed by atoms with Gasteiger partial charge in [-0.15, -0.1) is 0 Å². The van der Waals surface area contributed by atoms with E-state index in [1.165, 1.54) is 0 Å². The molecule has 20 heavy (non-hydrogen) atoms. The Morgan fingerprint density at radius 1 is 1.15 bits per heavy atom. The van der Waals surface area contributed by atoms with E-state index in [0.29, 0.717) is 16.2 Å². The maximum atomic E-state index is 6.17. The highest BCUT2D eigenvalue weighted by Gasteiger charge is 2.21. The minimum atomic E-state index is 0.597. The van der Waals surface area contributed by atoms with Gasteiger partial charge in [0.1, 0.15) is 11.5 Å². The van der Waals surface area contributed by atoms with E-state index in [-0.39, 0.29) is 0 Å². The summed E-state index contributed by atoms with van der Waals surface area (Å²) >= 11 is 6.86. The van der Waals surface area contributed by atoms with Crippen LogP contribution in [0, 0.1) is 0 Å². The third kappa shape index (κ3) is 2.19. The molecule has 0 spiro atoms. The second-order valence-electron chi connectivity index (χ2n) is 4.32. The lowest BCUT2D eigenvalue weighted by molar-refractivity contribution is 0.552. The molecule has 4 nitrogen and oxygen atoms in total. The first-order valence-electron chi connectivity index (χ1n) is 5.91. The Morgan fingerprint density at radius 2 is 1.90 bits per heavy atom. The highest BCUT2D eigenvalue weighted by Crippen LogP contribution is 2.40. The average Bonchev–Trinajstić information content (AvgIpc) is 2.96. The fraction of sp³-hybridized carbons (Fsp3) is 0.0714. The SMILES string of the molecule is Cn1nc(-c2ccc(Br)o2)c(-c2ccccc2Br)c1N. The number of anilines is 1. The summed E-state index contributed by atoms with van der Waals surface area (Å²) in [6.45, 7) is 0. The van der Waals surface area contributed by atoms with Crippen LogP contribution in [0.5, 0.6) is 0 Å². The summed E-state index contributed by atoms with van der Waals surface area (Å²) in [5.41, 5.74) is 8.75. The minimum absolute atomic E-state index is 0.597. The number of hydrogen-bond donors (Lipinski definition) is 1. The zero-order chi connectivity index (χ0) is 14.3. The van der Waals surface area contributed by atoms with Gasteiger partial charge in [0.2, 0.25) is 0 Å². The molecule has 0 unspecified atom stereocenters. The molecule has 0 atom stereocenters. The van der Waals surface area contributed by atoms with Gasteiger partial charge in [-0.2, -0.15) is 5.10 Å². The number of benzene rings is 1. The molecule has 0 radical (unpaired) electrons. The molecular formula is C14H11Br2N3O. The Bertz CT molecular complexity index is 777. The molecular weight excluding hydrogens is 386 g/mol. The number of nitrogens with two attached hydrogens (primary N) is 1. The van der Waals surface area contributed by atoms with Crippen molar-refractivity contribution in [2.75, 3.05) is 5.73 Å². The van der Waals surface area contributed by atoms with Crippen LogP contribution in [0.25, 0.3) is 22.6 Å². The van der Waals surface area contributed by atoms with Gasteiger partial charge in [0, 0.05) is 17.1 Å². The lowest BCUT2D eigenvalue weighted by atomic mass is 10.0. The normalized spacial score (nSPS) is 10.9. The number of furan rings is 1. The van der Waals surface area contributed by atoms with Crippen LogP contribution in [0.15, 0.2) is 50.0 Å². The monoisotopic (exact) mass is 395 g/mol. The number of nitrogen functional groups attached to an aromatic ring is 1. The van der Waals surface area contributed by atoms with E-state index in [0.717, 1.165) is 21.3 Å². The molecule has 3 aromatic rings. The molecule has 2 heterocycles. The van der Waals surface area contributed by atoms with Crippen LogP contribution in [-0.2, 0) is 7.05 Å². The van der Waals surface area contributed by atoms with Gasteiger partial charge in [-0.05, 0) is 34.1 Å². The van der Waals surface area contributed by atoms with E-state index in [2.05, 4.69) is 37.0 Å². The second-order valence-corrected chi connectivity index (χ2v) is 5.95. The van der Waals surface area contributed by atoms with Gasteiger partial charge in [-0.1, -0.05) is 34.1 Å². The molecule has 102 valence electrons. The lowest BCUT2D eigenvalue weighted by Crippen LogP contribution is -1.98. The summed E-state index contributed by atoms with van der Waals surface area (Å²) in [6, 6.07) is 11.6. The number of halogens is 2. The highest BCUT2D eigenvalue weighted by atomic mass is 79.9. The third-order valence-electron chi connectivity index (χ3n) is 3.04. The Hall–Kier alpha value is -1.53. The molecule has 3 rings (SSSR count). The van der Waals surface area contributed by atoms with Gasteiger partial charge in [-0.25, -0.2) is 0 Å². The number of rotatable bonds is 2. The Balaban J connectivity index is 2.28. The summed E-state index contributed by atoms with van der Waals surface area (Å²) in [6.07, 6.45) is 0. The van der Waals surface area contributed by atoms with E-state index in [1.807, 2.05) is 43.4 Å².